The predicted molar refractivity (Wildman–Crippen MR) is 134 cm³/mol. The molecule has 0 aliphatic heterocycles. The van der Waals surface area contributed by atoms with Gasteiger partial charge in [-0.3, -0.25) is 4.99 Å². The summed E-state index contributed by atoms with van der Waals surface area (Å²) in [5.74, 6) is 2.28. The molecule has 1 rings (SSSR count). The van der Waals surface area contributed by atoms with Gasteiger partial charge in [0.25, 0.3) is 0 Å². The Kier molecular flexibility index (Phi) is 12.4. The second kappa shape index (κ2) is 13.3. The van der Waals surface area contributed by atoms with Gasteiger partial charge in [-0.25, -0.2) is 4.79 Å². The number of methoxy groups -OCH3 is 3. The first-order valence-electron chi connectivity index (χ1n) is 9.81. The van der Waals surface area contributed by atoms with Gasteiger partial charge in [0.2, 0.25) is 5.75 Å². The van der Waals surface area contributed by atoms with Crippen LogP contribution in [0.5, 0.6) is 17.2 Å². The fraction of sp³-hybridized carbons (Fsp3) is 0.619. The first kappa shape index (κ1) is 28.9. The molecular weight excluding hydrogens is 515 g/mol. The van der Waals surface area contributed by atoms with E-state index in [9.17, 15) is 4.79 Å². The lowest BCUT2D eigenvalue weighted by Gasteiger charge is -2.26. The number of nitrogens with zero attached hydrogens (tertiary/aromatic N) is 1. The fourth-order valence-corrected chi connectivity index (χ4v) is 2.59. The lowest BCUT2D eigenvalue weighted by atomic mass is 10.0. The number of halogens is 1. The van der Waals surface area contributed by atoms with Crippen molar-refractivity contribution in [1.29, 1.82) is 0 Å². The van der Waals surface area contributed by atoms with E-state index in [4.69, 9.17) is 18.9 Å². The van der Waals surface area contributed by atoms with Gasteiger partial charge in [0, 0.05) is 31.4 Å². The Morgan fingerprint density at radius 3 is 2.00 bits per heavy atom. The normalized spacial score (nSPS) is 12.4. The number of amides is 1. The van der Waals surface area contributed by atoms with Gasteiger partial charge in [0.1, 0.15) is 5.60 Å². The van der Waals surface area contributed by atoms with E-state index in [0.29, 0.717) is 35.4 Å². The molecule has 178 valence electrons. The second-order valence-corrected chi connectivity index (χ2v) is 7.99. The van der Waals surface area contributed by atoms with Crippen LogP contribution in [0.1, 0.15) is 34.6 Å². The Morgan fingerprint density at radius 2 is 1.61 bits per heavy atom. The summed E-state index contributed by atoms with van der Waals surface area (Å²) in [7, 11) is 6.34. The van der Waals surface area contributed by atoms with Gasteiger partial charge >= 0.3 is 6.09 Å². The molecule has 1 aromatic rings. The molecule has 0 aromatic heterocycles. The number of ether oxygens (including phenoxy) is 4. The molecule has 0 saturated carbocycles. The monoisotopic (exact) mass is 552 g/mol. The van der Waals surface area contributed by atoms with Crippen molar-refractivity contribution < 1.29 is 23.7 Å². The first-order chi connectivity index (χ1) is 14.0. The molecule has 9 nitrogen and oxygen atoms in total. The number of carbonyl (C=O) groups is 1. The molecule has 1 atom stereocenters. The van der Waals surface area contributed by atoms with Crippen LogP contribution in [0.25, 0.3) is 0 Å². The van der Waals surface area contributed by atoms with E-state index in [1.165, 1.54) is 0 Å². The van der Waals surface area contributed by atoms with Gasteiger partial charge in [-0.1, -0.05) is 13.8 Å². The molecule has 0 heterocycles. The minimum Gasteiger partial charge on any atom is -0.493 e. The van der Waals surface area contributed by atoms with Gasteiger partial charge < -0.3 is 34.9 Å². The van der Waals surface area contributed by atoms with Crippen molar-refractivity contribution in [3.05, 3.63) is 12.1 Å². The summed E-state index contributed by atoms with van der Waals surface area (Å²) >= 11 is 0. The molecule has 0 aliphatic rings. The number of benzene rings is 1. The molecule has 1 aromatic carbocycles. The fourth-order valence-electron chi connectivity index (χ4n) is 2.59. The summed E-state index contributed by atoms with van der Waals surface area (Å²) in [6.07, 6.45) is -0.449. The van der Waals surface area contributed by atoms with Crippen LogP contribution in [-0.2, 0) is 4.74 Å². The molecule has 10 heteroatoms. The number of alkyl carbamates (subject to hydrolysis) is 1. The number of aliphatic imine (C=N–C) groups is 1. The molecule has 0 saturated heterocycles. The highest BCUT2D eigenvalue weighted by molar-refractivity contribution is 14.0. The summed E-state index contributed by atoms with van der Waals surface area (Å²) in [6, 6.07) is 3.42. The van der Waals surface area contributed by atoms with E-state index >= 15 is 0 Å². The van der Waals surface area contributed by atoms with Crippen LogP contribution >= 0.6 is 24.0 Å². The molecule has 0 radical (unpaired) electrons. The van der Waals surface area contributed by atoms with E-state index in [1.807, 2.05) is 34.6 Å². The van der Waals surface area contributed by atoms with E-state index in [0.717, 1.165) is 0 Å². The van der Waals surface area contributed by atoms with Crippen LogP contribution < -0.4 is 30.2 Å². The van der Waals surface area contributed by atoms with Crippen molar-refractivity contribution >= 4 is 41.7 Å². The van der Waals surface area contributed by atoms with Crippen molar-refractivity contribution in [3.8, 4) is 17.2 Å². The summed E-state index contributed by atoms with van der Waals surface area (Å²) in [5, 5.41) is 9.33. The number of carbonyl (C=O) groups excluding carboxylic acids is 1. The van der Waals surface area contributed by atoms with Crippen LogP contribution in [0.15, 0.2) is 17.1 Å². The maximum absolute atomic E-state index is 12.1. The Hall–Kier alpha value is -2.11. The number of rotatable bonds is 8. The smallest absolute Gasteiger partial charge is 0.407 e. The van der Waals surface area contributed by atoms with E-state index in [2.05, 4.69) is 20.9 Å². The van der Waals surface area contributed by atoms with Gasteiger partial charge in [0.05, 0.1) is 27.4 Å². The van der Waals surface area contributed by atoms with Crippen LogP contribution in [0.3, 0.4) is 0 Å². The number of nitrogens with one attached hydrogen (secondary N) is 3. The van der Waals surface area contributed by atoms with Crippen LogP contribution in [0, 0.1) is 5.92 Å². The van der Waals surface area contributed by atoms with Crippen molar-refractivity contribution in [3.63, 3.8) is 0 Å². The Morgan fingerprint density at radius 1 is 1.06 bits per heavy atom. The van der Waals surface area contributed by atoms with Crippen LogP contribution in [-0.4, -0.2) is 58.6 Å². The number of hydrogen-bond acceptors (Lipinski definition) is 6. The second-order valence-electron chi connectivity index (χ2n) is 7.99. The third kappa shape index (κ3) is 9.70. The highest BCUT2D eigenvalue weighted by atomic mass is 127. The van der Waals surface area contributed by atoms with Crippen molar-refractivity contribution in [2.75, 3.05) is 40.2 Å². The van der Waals surface area contributed by atoms with E-state index < -0.39 is 11.7 Å². The van der Waals surface area contributed by atoms with Crippen LogP contribution in [0.2, 0.25) is 0 Å². The molecule has 0 bridgehead atoms. The maximum atomic E-state index is 12.1. The lowest BCUT2D eigenvalue weighted by Crippen LogP contribution is -2.49. The number of anilines is 1. The SMILES string of the molecule is CN=C(NCC(NC(=O)OC(C)(C)C)C(C)C)Nc1cc(OC)c(OC)c(OC)c1.I. The van der Waals surface area contributed by atoms with Crippen molar-refractivity contribution in [2.45, 2.75) is 46.3 Å². The van der Waals surface area contributed by atoms with Gasteiger partial charge in [0.15, 0.2) is 17.5 Å². The quantitative estimate of drug-likeness (QED) is 0.256. The Bertz CT molecular complexity index is 710. The lowest BCUT2D eigenvalue weighted by molar-refractivity contribution is 0.0491. The average Bonchev–Trinajstić information content (AvgIpc) is 2.67. The Balaban J connectivity index is 0.00000900. The summed E-state index contributed by atoms with van der Waals surface area (Å²) < 4.78 is 21.5. The molecule has 3 N–H and O–H groups in total. The van der Waals surface area contributed by atoms with Gasteiger partial charge in [-0.05, 0) is 26.7 Å². The van der Waals surface area contributed by atoms with Crippen molar-refractivity contribution in [1.82, 2.24) is 10.6 Å². The van der Waals surface area contributed by atoms with Gasteiger partial charge in [-0.15, -0.1) is 24.0 Å². The zero-order valence-corrected chi connectivity index (χ0v) is 22.2. The number of hydrogen-bond donors (Lipinski definition) is 3. The zero-order chi connectivity index (χ0) is 22.9. The summed E-state index contributed by atoms with van der Waals surface area (Å²) in [6.45, 7) is 10.0. The third-order valence-corrected chi connectivity index (χ3v) is 4.15. The van der Waals surface area contributed by atoms with Gasteiger partial charge in [-0.2, -0.15) is 0 Å². The molecule has 1 unspecified atom stereocenters. The minimum atomic E-state index is -0.552. The summed E-state index contributed by atoms with van der Waals surface area (Å²) in [5.41, 5.74) is 0.155. The van der Waals surface area contributed by atoms with E-state index in [1.54, 1.807) is 40.5 Å². The molecular formula is C21H37IN4O5. The minimum absolute atomic E-state index is 0. The standard InChI is InChI=1S/C21H36N4O5.HI/c1-13(2)15(25-20(26)30-21(3,4)5)12-23-19(22-6)24-14-10-16(27-7)18(29-9)17(11-14)28-8;/h10-11,13,15H,12H2,1-9H3,(H,25,26)(H2,22,23,24);1H. The molecule has 31 heavy (non-hydrogen) atoms. The summed E-state index contributed by atoms with van der Waals surface area (Å²) in [4.78, 5) is 16.4. The van der Waals surface area contributed by atoms with Crippen molar-refractivity contribution in [2.24, 2.45) is 10.9 Å². The number of guanidine groups is 1. The van der Waals surface area contributed by atoms with Crippen LogP contribution in [0.4, 0.5) is 10.5 Å². The molecule has 1 amide bonds. The maximum Gasteiger partial charge on any atom is 0.407 e. The molecule has 0 fully saturated rings. The highest BCUT2D eigenvalue weighted by Crippen LogP contribution is 2.39. The van der Waals surface area contributed by atoms with E-state index in [-0.39, 0.29) is 35.9 Å². The predicted octanol–water partition coefficient (Wildman–Crippen LogP) is 3.87. The Labute approximate surface area is 202 Å². The molecule has 0 spiro atoms. The average molecular weight is 552 g/mol. The zero-order valence-electron chi connectivity index (χ0n) is 19.9. The first-order valence-corrected chi connectivity index (χ1v) is 9.81. The molecule has 0 aliphatic carbocycles. The third-order valence-electron chi connectivity index (χ3n) is 4.15. The topological polar surface area (TPSA) is 102 Å². The highest BCUT2D eigenvalue weighted by Gasteiger charge is 2.22. The largest absolute Gasteiger partial charge is 0.493 e.